The van der Waals surface area contributed by atoms with Crippen LogP contribution in [-0.2, 0) is 33.4 Å². The molecule has 1 unspecified atom stereocenters. The normalized spacial score (nSPS) is 12.1. The third kappa shape index (κ3) is 12.9. The minimum absolute atomic E-state index is 0.154. The summed E-state index contributed by atoms with van der Waals surface area (Å²) in [7, 11) is 0. The average molecular weight is 328 g/mol. The van der Waals surface area contributed by atoms with E-state index in [2.05, 4.69) is 14.2 Å². The molecule has 0 heterocycles. The van der Waals surface area contributed by atoms with Crippen molar-refractivity contribution in [2.45, 2.75) is 26.4 Å². The quantitative estimate of drug-likeness (QED) is 0.259. The molecule has 23 heavy (non-hydrogen) atoms. The number of ketones is 1. The van der Waals surface area contributed by atoms with Crippen molar-refractivity contribution >= 4 is 23.7 Å². The molecule has 0 spiro atoms. The van der Waals surface area contributed by atoms with Crippen LogP contribution in [0.4, 0.5) is 0 Å². The topological polar surface area (TPSA) is 116 Å². The van der Waals surface area contributed by atoms with Gasteiger partial charge in [-0.3, -0.25) is 4.79 Å². The van der Waals surface area contributed by atoms with E-state index in [-0.39, 0.29) is 25.6 Å². The minimum Gasteiger partial charge on any atom is -0.460 e. The number of hydrogen-bond donors (Lipinski definition) is 1. The SMILES string of the molecule is CCC(O)COC(=O)C=CC(=O)OCCOC(=O)C=CC(C)=O. The highest BCUT2D eigenvalue weighted by atomic mass is 16.6. The molecule has 8 heteroatoms. The van der Waals surface area contributed by atoms with Gasteiger partial charge in [0.15, 0.2) is 5.78 Å². The summed E-state index contributed by atoms with van der Waals surface area (Å²) >= 11 is 0. The lowest BCUT2D eigenvalue weighted by atomic mass is 10.3. The summed E-state index contributed by atoms with van der Waals surface area (Å²) in [6.45, 7) is 2.47. The van der Waals surface area contributed by atoms with Crippen LogP contribution >= 0.6 is 0 Å². The van der Waals surface area contributed by atoms with E-state index in [0.29, 0.717) is 6.42 Å². The Kier molecular flexibility index (Phi) is 10.8. The Labute approximate surface area is 133 Å². The Balaban J connectivity index is 3.86. The van der Waals surface area contributed by atoms with Crippen LogP contribution in [0.15, 0.2) is 24.3 Å². The second-order valence-corrected chi connectivity index (χ2v) is 4.30. The minimum atomic E-state index is -0.812. The van der Waals surface area contributed by atoms with Crippen LogP contribution in [0.25, 0.3) is 0 Å². The fraction of sp³-hybridized carbons (Fsp3) is 0.467. The first-order valence-corrected chi connectivity index (χ1v) is 6.90. The Morgan fingerprint density at radius 2 is 1.30 bits per heavy atom. The molecule has 1 N–H and O–H groups in total. The van der Waals surface area contributed by atoms with Crippen LogP contribution in [0.5, 0.6) is 0 Å². The second kappa shape index (κ2) is 12.1. The molecule has 0 bridgehead atoms. The van der Waals surface area contributed by atoms with Gasteiger partial charge in [0.05, 0.1) is 6.10 Å². The number of carbonyl (C=O) groups excluding carboxylic acids is 4. The maximum Gasteiger partial charge on any atom is 0.331 e. The van der Waals surface area contributed by atoms with Gasteiger partial charge in [-0.05, 0) is 19.4 Å². The van der Waals surface area contributed by atoms with Crippen molar-refractivity contribution in [1.82, 2.24) is 0 Å². The molecule has 0 aromatic rings. The number of esters is 3. The van der Waals surface area contributed by atoms with Crippen LogP contribution in [0.1, 0.15) is 20.3 Å². The number of hydrogen-bond acceptors (Lipinski definition) is 8. The van der Waals surface area contributed by atoms with E-state index in [1.54, 1.807) is 6.92 Å². The average Bonchev–Trinajstić information content (AvgIpc) is 2.52. The second-order valence-electron chi connectivity index (χ2n) is 4.30. The zero-order chi connectivity index (χ0) is 17.7. The molecular formula is C15H20O8. The highest BCUT2D eigenvalue weighted by Gasteiger charge is 2.05. The number of aliphatic hydroxyl groups is 1. The maximum atomic E-state index is 11.2. The standard InChI is InChI=1S/C15H20O8/c1-3-12(17)10-23-15(20)7-6-14(19)22-9-8-21-13(18)5-4-11(2)16/h4-7,12,17H,3,8-10H2,1-2H3. The zero-order valence-electron chi connectivity index (χ0n) is 13.0. The van der Waals surface area contributed by atoms with E-state index >= 15 is 0 Å². The van der Waals surface area contributed by atoms with Crippen LogP contribution in [0, 0.1) is 0 Å². The van der Waals surface area contributed by atoms with Crippen molar-refractivity contribution in [1.29, 1.82) is 0 Å². The van der Waals surface area contributed by atoms with Crippen molar-refractivity contribution in [2.75, 3.05) is 19.8 Å². The van der Waals surface area contributed by atoms with Gasteiger partial charge < -0.3 is 19.3 Å². The van der Waals surface area contributed by atoms with Gasteiger partial charge in [-0.15, -0.1) is 0 Å². The zero-order valence-corrected chi connectivity index (χ0v) is 13.0. The Morgan fingerprint density at radius 3 is 1.74 bits per heavy atom. The molecular weight excluding hydrogens is 308 g/mol. The van der Waals surface area contributed by atoms with Crippen LogP contribution in [-0.4, -0.2) is 54.7 Å². The Bertz CT molecular complexity index is 478. The highest BCUT2D eigenvalue weighted by Crippen LogP contribution is 1.93. The number of allylic oxidation sites excluding steroid dienone is 1. The fourth-order valence-electron chi connectivity index (χ4n) is 1.05. The van der Waals surface area contributed by atoms with Crippen molar-refractivity contribution in [3.63, 3.8) is 0 Å². The van der Waals surface area contributed by atoms with Gasteiger partial charge >= 0.3 is 17.9 Å². The molecule has 0 saturated carbocycles. The van der Waals surface area contributed by atoms with E-state index in [1.807, 2.05) is 0 Å². The molecule has 0 radical (unpaired) electrons. The monoisotopic (exact) mass is 328 g/mol. The van der Waals surface area contributed by atoms with E-state index < -0.39 is 24.0 Å². The van der Waals surface area contributed by atoms with Gasteiger partial charge in [-0.25, -0.2) is 14.4 Å². The van der Waals surface area contributed by atoms with E-state index in [0.717, 1.165) is 24.3 Å². The number of carbonyl (C=O) groups is 4. The summed E-state index contributed by atoms with van der Waals surface area (Å²) in [6.07, 6.45) is 3.44. The predicted octanol–water partition coefficient (Wildman–Crippen LogP) is 0.0883. The summed E-state index contributed by atoms with van der Waals surface area (Å²) in [5.41, 5.74) is 0. The maximum absolute atomic E-state index is 11.2. The lowest BCUT2D eigenvalue weighted by Gasteiger charge is -2.06. The van der Waals surface area contributed by atoms with Crippen LogP contribution in [0.3, 0.4) is 0 Å². The number of ether oxygens (including phenoxy) is 3. The molecule has 0 aromatic heterocycles. The van der Waals surface area contributed by atoms with Crippen molar-refractivity contribution in [2.24, 2.45) is 0 Å². The van der Waals surface area contributed by atoms with Gasteiger partial charge in [0.2, 0.25) is 0 Å². The first kappa shape index (κ1) is 20.5. The van der Waals surface area contributed by atoms with E-state index in [1.165, 1.54) is 6.92 Å². The highest BCUT2D eigenvalue weighted by molar-refractivity contribution is 5.94. The molecule has 0 aliphatic heterocycles. The molecule has 0 aliphatic carbocycles. The number of aliphatic hydroxyl groups excluding tert-OH is 1. The lowest BCUT2D eigenvalue weighted by molar-refractivity contribution is -0.146. The molecule has 0 fully saturated rings. The van der Waals surface area contributed by atoms with Gasteiger partial charge in [0.25, 0.3) is 0 Å². The molecule has 0 saturated heterocycles. The van der Waals surface area contributed by atoms with Gasteiger partial charge in [0.1, 0.15) is 19.8 Å². The first-order chi connectivity index (χ1) is 10.8. The van der Waals surface area contributed by atoms with Crippen LogP contribution in [0.2, 0.25) is 0 Å². The Morgan fingerprint density at radius 1 is 0.870 bits per heavy atom. The molecule has 8 nitrogen and oxygen atoms in total. The van der Waals surface area contributed by atoms with E-state index in [4.69, 9.17) is 0 Å². The van der Waals surface area contributed by atoms with Gasteiger partial charge in [0, 0.05) is 18.2 Å². The summed E-state index contributed by atoms with van der Waals surface area (Å²) in [4.78, 5) is 44.1. The lowest BCUT2D eigenvalue weighted by Crippen LogP contribution is -2.16. The van der Waals surface area contributed by atoms with Gasteiger partial charge in [-0.2, -0.15) is 0 Å². The largest absolute Gasteiger partial charge is 0.460 e. The summed E-state index contributed by atoms with van der Waals surface area (Å²) in [5.74, 6) is -2.62. The molecule has 1 atom stereocenters. The predicted molar refractivity (Wildman–Crippen MR) is 78.1 cm³/mol. The van der Waals surface area contributed by atoms with Crippen LogP contribution < -0.4 is 0 Å². The number of rotatable bonds is 10. The summed E-state index contributed by atoms with van der Waals surface area (Å²) in [6, 6.07) is 0. The summed E-state index contributed by atoms with van der Waals surface area (Å²) < 4.78 is 14.0. The molecule has 0 rings (SSSR count). The smallest absolute Gasteiger partial charge is 0.331 e. The Hall–Kier alpha value is -2.48. The van der Waals surface area contributed by atoms with Crippen molar-refractivity contribution in [3.8, 4) is 0 Å². The first-order valence-electron chi connectivity index (χ1n) is 6.90. The fourth-order valence-corrected chi connectivity index (χ4v) is 1.05. The van der Waals surface area contributed by atoms with Crippen molar-refractivity contribution < 1.29 is 38.5 Å². The molecule has 0 amide bonds. The van der Waals surface area contributed by atoms with E-state index in [9.17, 15) is 24.3 Å². The molecule has 0 aliphatic rings. The summed E-state index contributed by atoms with van der Waals surface area (Å²) in [5, 5.41) is 9.18. The van der Waals surface area contributed by atoms with Gasteiger partial charge in [-0.1, -0.05) is 6.92 Å². The molecule has 0 aromatic carbocycles. The third-order valence-electron chi connectivity index (χ3n) is 2.27. The van der Waals surface area contributed by atoms with Crippen molar-refractivity contribution in [3.05, 3.63) is 24.3 Å². The third-order valence-corrected chi connectivity index (χ3v) is 2.27. The molecule has 128 valence electrons.